The predicted molar refractivity (Wildman–Crippen MR) is 47.9 cm³/mol. The van der Waals surface area contributed by atoms with E-state index in [4.69, 9.17) is 0 Å². The molecule has 0 atom stereocenters. The van der Waals surface area contributed by atoms with Crippen molar-refractivity contribution >= 4 is 16.5 Å². The molecule has 2 nitrogen and oxygen atoms in total. The van der Waals surface area contributed by atoms with Gasteiger partial charge in [-0.05, 0) is 18.8 Å². The molecule has 11 heavy (non-hydrogen) atoms. The molecule has 1 aromatic rings. The van der Waals surface area contributed by atoms with Gasteiger partial charge in [-0.2, -0.15) is 0 Å². The Balaban J connectivity index is 1.84. The lowest BCUT2D eigenvalue weighted by atomic mass is 9.82. The largest absolute Gasteiger partial charge is 0.359 e. The first-order valence-corrected chi connectivity index (χ1v) is 4.88. The molecule has 0 aromatic carbocycles. The Hall–Kier alpha value is -0.570. The summed E-state index contributed by atoms with van der Waals surface area (Å²) >= 11 is 1.68. The van der Waals surface area contributed by atoms with Crippen LogP contribution in [0, 0.1) is 5.92 Å². The van der Waals surface area contributed by atoms with Gasteiger partial charge < -0.3 is 5.32 Å². The van der Waals surface area contributed by atoms with Gasteiger partial charge in [0, 0.05) is 17.6 Å². The molecule has 0 bridgehead atoms. The second-order valence-electron chi connectivity index (χ2n) is 3.26. The molecule has 1 heterocycles. The van der Waals surface area contributed by atoms with E-state index in [2.05, 4.69) is 17.2 Å². The molecule has 3 heteroatoms. The number of anilines is 1. The lowest BCUT2D eigenvalue weighted by Crippen LogP contribution is -2.33. The van der Waals surface area contributed by atoms with E-state index in [1.54, 1.807) is 11.3 Å². The van der Waals surface area contributed by atoms with Crippen LogP contribution in [0.5, 0.6) is 0 Å². The third-order valence-electron chi connectivity index (χ3n) is 2.13. The Kier molecular flexibility index (Phi) is 1.82. The second kappa shape index (κ2) is 2.81. The summed E-state index contributed by atoms with van der Waals surface area (Å²) in [5, 5.41) is 6.47. The summed E-state index contributed by atoms with van der Waals surface area (Å²) in [6, 6.07) is 0.691. The van der Waals surface area contributed by atoms with Crippen LogP contribution in [0.25, 0.3) is 0 Å². The van der Waals surface area contributed by atoms with Crippen molar-refractivity contribution in [3.63, 3.8) is 0 Å². The summed E-state index contributed by atoms with van der Waals surface area (Å²) in [4.78, 5) is 4.17. The zero-order chi connectivity index (χ0) is 7.68. The molecule has 0 amide bonds. The summed E-state index contributed by atoms with van der Waals surface area (Å²) in [6.45, 7) is 2.29. The van der Waals surface area contributed by atoms with Crippen LogP contribution in [0.3, 0.4) is 0 Å². The van der Waals surface area contributed by atoms with Crippen molar-refractivity contribution in [2.75, 3.05) is 5.32 Å². The molecule has 2 rings (SSSR count). The summed E-state index contributed by atoms with van der Waals surface area (Å²) in [6.07, 6.45) is 4.45. The minimum absolute atomic E-state index is 0.691. The molecule has 1 fully saturated rings. The minimum atomic E-state index is 0.691. The number of aromatic nitrogens is 1. The monoisotopic (exact) mass is 168 g/mol. The average Bonchev–Trinajstić information content (AvgIpc) is 2.36. The third kappa shape index (κ3) is 1.53. The minimum Gasteiger partial charge on any atom is -0.359 e. The normalized spacial score (nSPS) is 29.5. The lowest BCUT2D eigenvalue weighted by molar-refractivity contribution is 0.309. The highest BCUT2D eigenvalue weighted by molar-refractivity contribution is 7.13. The van der Waals surface area contributed by atoms with Gasteiger partial charge in [0.15, 0.2) is 5.13 Å². The van der Waals surface area contributed by atoms with Gasteiger partial charge >= 0.3 is 0 Å². The number of thiazole rings is 1. The smallest absolute Gasteiger partial charge is 0.182 e. The Morgan fingerprint density at radius 2 is 2.45 bits per heavy atom. The van der Waals surface area contributed by atoms with Crippen molar-refractivity contribution in [1.82, 2.24) is 4.98 Å². The van der Waals surface area contributed by atoms with E-state index >= 15 is 0 Å². The summed E-state index contributed by atoms with van der Waals surface area (Å²) in [5.74, 6) is 0.910. The highest BCUT2D eigenvalue weighted by atomic mass is 32.1. The first-order valence-electron chi connectivity index (χ1n) is 4.00. The van der Waals surface area contributed by atoms with Crippen molar-refractivity contribution in [2.24, 2.45) is 5.92 Å². The maximum Gasteiger partial charge on any atom is 0.182 e. The first kappa shape index (κ1) is 7.10. The van der Waals surface area contributed by atoms with Crippen molar-refractivity contribution in [3.05, 3.63) is 11.6 Å². The highest BCUT2D eigenvalue weighted by Gasteiger charge is 2.25. The van der Waals surface area contributed by atoms with Gasteiger partial charge in [0.1, 0.15) is 0 Å². The number of nitrogens with zero attached hydrogens (tertiary/aromatic N) is 1. The summed E-state index contributed by atoms with van der Waals surface area (Å²) in [5.41, 5.74) is 0. The van der Waals surface area contributed by atoms with Crippen LogP contribution in [-0.4, -0.2) is 11.0 Å². The van der Waals surface area contributed by atoms with Crippen LogP contribution in [0.2, 0.25) is 0 Å². The van der Waals surface area contributed by atoms with E-state index in [1.165, 1.54) is 12.8 Å². The Morgan fingerprint density at radius 1 is 1.64 bits per heavy atom. The molecule has 0 radical (unpaired) electrons. The van der Waals surface area contributed by atoms with Crippen LogP contribution in [0.1, 0.15) is 19.8 Å². The van der Waals surface area contributed by atoms with Crippen LogP contribution < -0.4 is 5.32 Å². The fraction of sp³-hybridized carbons (Fsp3) is 0.625. The van der Waals surface area contributed by atoms with Gasteiger partial charge in [-0.3, -0.25) is 0 Å². The Labute approximate surface area is 70.7 Å². The van der Waals surface area contributed by atoms with E-state index in [1.807, 2.05) is 11.6 Å². The van der Waals surface area contributed by atoms with E-state index in [0.717, 1.165) is 11.0 Å². The first-order chi connectivity index (χ1) is 5.34. The molecular formula is C8H12N2S. The van der Waals surface area contributed by atoms with Gasteiger partial charge in [-0.15, -0.1) is 11.3 Å². The molecule has 1 aliphatic carbocycles. The molecule has 0 unspecified atom stereocenters. The standard InChI is InChI=1S/C8H12N2S/c1-6-4-7(5-6)10-8-9-2-3-11-8/h2-3,6-7H,4-5H2,1H3,(H,9,10). The zero-order valence-corrected chi connectivity index (χ0v) is 7.40. The lowest BCUT2D eigenvalue weighted by Gasteiger charge is -2.32. The van der Waals surface area contributed by atoms with E-state index in [0.29, 0.717) is 6.04 Å². The third-order valence-corrected chi connectivity index (χ3v) is 2.84. The topological polar surface area (TPSA) is 24.9 Å². The van der Waals surface area contributed by atoms with Crippen LogP contribution in [0.15, 0.2) is 11.6 Å². The SMILES string of the molecule is CC1CC(Nc2nccs2)C1. The molecule has 0 spiro atoms. The number of nitrogens with one attached hydrogen (secondary N) is 1. The fourth-order valence-corrected chi connectivity index (χ4v) is 2.10. The van der Waals surface area contributed by atoms with Crippen LogP contribution in [0.4, 0.5) is 5.13 Å². The van der Waals surface area contributed by atoms with E-state index in [-0.39, 0.29) is 0 Å². The molecule has 60 valence electrons. The molecule has 1 N–H and O–H groups in total. The molecule has 0 aliphatic heterocycles. The molecule has 1 aromatic heterocycles. The molecule has 0 saturated heterocycles. The van der Waals surface area contributed by atoms with Crippen molar-refractivity contribution in [1.29, 1.82) is 0 Å². The fourth-order valence-electron chi connectivity index (χ4n) is 1.49. The van der Waals surface area contributed by atoms with Crippen molar-refractivity contribution in [3.8, 4) is 0 Å². The molecule has 1 saturated carbocycles. The van der Waals surface area contributed by atoms with E-state index in [9.17, 15) is 0 Å². The van der Waals surface area contributed by atoms with Crippen molar-refractivity contribution < 1.29 is 0 Å². The van der Waals surface area contributed by atoms with Crippen LogP contribution in [-0.2, 0) is 0 Å². The van der Waals surface area contributed by atoms with Gasteiger partial charge in [-0.1, -0.05) is 6.92 Å². The van der Waals surface area contributed by atoms with Gasteiger partial charge in [0.2, 0.25) is 0 Å². The summed E-state index contributed by atoms with van der Waals surface area (Å²) in [7, 11) is 0. The second-order valence-corrected chi connectivity index (χ2v) is 4.15. The quantitative estimate of drug-likeness (QED) is 0.733. The van der Waals surface area contributed by atoms with Crippen LogP contribution >= 0.6 is 11.3 Å². The molecule has 1 aliphatic rings. The van der Waals surface area contributed by atoms with Crippen molar-refractivity contribution in [2.45, 2.75) is 25.8 Å². The maximum absolute atomic E-state index is 4.17. The Bertz CT molecular complexity index is 214. The number of rotatable bonds is 2. The number of hydrogen-bond acceptors (Lipinski definition) is 3. The highest BCUT2D eigenvalue weighted by Crippen LogP contribution is 2.29. The predicted octanol–water partition coefficient (Wildman–Crippen LogP) is 2.35. The van der Waals surface area contributed by atoms with E-state index < -0.39 is 0 Å². The Morgan fingerprint density at radius 3 is 3.00 bits per heavy atom. The van der Waals surface area contributed by atoms with Gasteiger partial charge in [0.25, 0.3) is 0 Å². The number of hydrogen-bond donors (Lipinski definition) is 1. The summed E-state index contributed by atoms with van der Waals surface area (Å²) < 4.78 is 0. The van der Waals surface area contributed by atoms with Gasteiger partial charge in [0.05, 0.1) is 0 Å². The molecular weight excluding hydrogens is 156 g/mol. The average molecular weight is 168 g/mol. The van der Waals surface area contributed by atoms with Gasteiger partial charge in [-0.25, -0.2) is 4.98 Å². The maximum atomic E-state index is 4.17. The zero-order valence-electron chi connectivity index (χ0n) is 6.58.